The first-order chi connectivity index (χ1) is 10.1. The minimum atomic E-state index is -1.10. The number of aromatic amines is 2. The molecule has 0 aliphatic carbocycles. The van der Waals surface area contributed by atoms with Gasteiger partial charge in [-0.1, -0.05) is 0 Å². The van der Waals surface area contributed by atoms with Crippen LogP contribution in [0.3, 0.4) is 0 Å². The maximum absolute atomic E-state index is 10.7. The van der Waals surface area contributed by atoms with Gasteiger partial charge in [-0.05, 0) is 0 Å². The van der Waals surface area contributed by atoms with Crippen LogP contribution in [0.4, 0.5) is 0 Å². The maximum atomic E-state index is 10.7. The van der Waals surface area contributed by atoms with Gasteiger partial charge in [0.15, 0.2) is 0 Å². The van der Waals surface area contributed by atoms with Gasteiger partial charge in [0, 0.05) is 96.0 Å². The van der Waals surface area contributed by atoms with E-state index in [2.05, 4.69) is 0 Å². The standard InChI is InChI=1S/2C3HCl2N3O3.Ba/c2*4-7-1(9)6-2(10)8(5)3(7)11;/h2*(H,6,9,10);. The van der Waals surface area contributed by atoms with Gasteiger partial charge in [0.1, 0.15) is 0 Å². The van der Waals surface area contributed by atoms with Crippen molar-refractivity contribution in [2.75, 3.05) is 0 Å². The third-order valence-corrected chi connectivity index (χ3v) is 3.01. The first-order valence-electron chi connectivity index (χ1n) is 4.69. The molecule has 0 bridgehead atoms. The Morgan fingerprint density at radius 2 is 0.696 bits per heavy atom. The molecule has 17 heteroatoms. The molecule has 2 heterocycles. The molecule has 2 radical (unpaired) electrons. The quantitative estimate of drug-likeness (QED) is 0.345. The number of rotatable bonds is 0. The second kappa shape index (κ2) is 9.14. The molecule has 0 aliphatic heterocycles. The molecule has 2 rings (SSSR count). The van der Waals surface area contributed by atoms with Gasteiger partial charge >= 0.3 is 34.1 Å². The number of hydrogen-bond acceptors (Lipinski definition) is 6. The molecule has 2 aromatic heterocycles. The number of hydrogen-bond donors (Lipinski definition) is 2. The van der Waals surface area contributed by atoms with Crippen LogP contribution in [0, 0.1) is 0 Å². The van der Waals surface area contributed by atoms with Crippen molar-refractivity contribution in [1.29, 1.82) is 0 Å². The molecule has 0 saturated heterocycles. The molecule has 23 heavy (non-hydrogen) atoms. The smallest absolute Gasteiger partial charge is 0.257 e. The van der Waals surface area contributed by atoms with Crippen molar-refractivity contribution in [3.05, 3.63) is 62.9 Å². The van der Waals surface area contributed by atoms with Crippen LogP contribution in [0.2, 0.25) is 0 Å². The van der Waals surface area contributed by atoms with Gasteiger partial charge in [-0.3, -0.25) is 9.97 Å². The zero-order valence-electron chi connectivity index (χ0n) is 10.5. The second-order valence-electron chi connectivity index (χ2n) is 3.16. The topological polar surface area (TPSA) is 154 Å². The van der Waals surface area contributed by atoms with E-state index in [9.17, 15) is 28.8 Å². The van der Waals surface area contributed by atoms with Gasteiger partial charge in [-0.2, -0.15) is 0 Å². The summed E-state index contributed by atoms with van der Waals surface area (Å²) in [5.74, 6) is 0. The van der Waals surface area contributed by atoms with Crippen LogP contribution in [-0.4, -0.2) is 75.2 Å². The molecule has 0 aromatic carbocycles. The molecule has 0 unspecified atom stereocenters. The van der Waals surface area contributed by atoms with Crippen LogP contribution in [0.1, 0.15) is 0 Å². The molecule has 0 atom stereocenters. The summed E-state index contributed by atoms with van der Waals surface area (Å²) >= 11 is 20.3. The Morgan fingerprint density at radius 3 is 0.870 bits per heavy atom. The van der Waals surface area contributed by atoms with Crippen LogP contribution in [0.5, 0.6) is 0 Å². The molecular formula is C6H2BaCl4N6O6. The van der Waals surface area contributed by atoms with Gasteiger partial charge in [0.05, 0.1) is 0 Å². The van der Waals surface area contributed by atoms with Gasteiger partial charge < -0.3 is 0 Å². The fraction of sp³-hybridized carbons (Fsp3) is 0. The largest absolute Gasteiger partial charge is 0.366 e. The van der Waals surface area contributed by atoms with Crippen molar-refractivity contribution in [1.82, 2.24) is 26.3 Å². The Hall–Kier alpha value is -0.449. The van der Waals surface area contributed by atoms with Gasteiger partial charge in [-0.15, -0.1) is 16.3 Å². The van der Waals surface area contributed by atoms with Gasteiger partial charge in [0.25, 0.3) is 0 Å². The number of H-pyrrole nitrogens is 2. The summed E-state index contributed by atoms with van der Waals surface area (Å²) < 4.78 is 0.644. The number of nitrogens with one attached hydrogen (secondary N) is 2. The van der Waals surface area contributed by atoms with E-state index in [-0.39, 0.29) is 65.2 Å². The van der Waals surface area contributed by atoms with E-state index < -0.39 is 34.1 Å². The molecule has 0 fully saturated rings. The van der Waals surface area contributed by atoms with Gasteiger partial charge in [0.2, 0.25) is 0 Å². The summed E-state index contributed by atoms with van der Waals surface area (Å²) in [6, 6.07) is 0. The molecule has 0 amide bonds. The third-order valence-electron chi connectivity index (χ3n) is 1.81. The summed E-state index contributed by atoms with van der Waals surface area (Å²) in [7, 11) is 0. The van der Waals surface area contributed by atoms with E-state index in [0.717, 1.165) is 0 Å². The molecule has 0 aliphatic rings. The van der Waals surface area contributed by atoms with Crippen LogP contribution in [0.25, 0.3) is 0 Å². The first kappa shape index (κ1) is 22.6. The molecule has 2 aromatic rings. The SMILES string of the molecule is O=c1[nH]c(=O)n(Cl)c(=O)n1Cl.O=c1[nH]c(=O)n(Cl)c(=O)n1Cl.[Ba]. The summed E-state index contributed by atoms with van der Waals surface area (Å²) in [5.41, 5.74) is -6.25. The monoisotopic (exact) mass is 532 g/mol. The van der Waals surface area contributed by atoms with Crippen LogP contribution >= 0.6 is 47.1 Å². The van der Waals surface area contributed by atoms with Crippen molar-refractivity contribution in [2.45, 2.75) is 0 Å². The van der Waals surface area contributed by atoms with Gasteiger partial charge in [-0.25, -0.2) is 28.8 Å². The van der Waals surface area contributed by atoms with E-state index in [1.165, 1.54) is 0 Å². The normalized spacial score (nSPS) is 9.57. The number of nitrogens with zero attached hydrogens (tertiary/aromatic N) is 4. The predicted octanol–water partition coefficient (Wildman–Crippen LogP) is -2.98. The van der Waals surface area contributed by atoms with Crippen LogP contribution < -0.4 is 34.1 Å². The number of aromatic nitrogens is 6. The Morgan fingerprint density at radius 1 is 0.522 bits per heavy atom. The Balaban J connectivity index is 0.000000403. The summed E-state index contributed by atoms with van der Waals surface area (Å²) in [6.45, 7) is 0. The van der Waals surface area contributed by atoms with Crippen molar-refractivity contribution in [2.24, 2.45) is 0 Å². The average Bonchev–Trinajstić information content (AvgIpc) is 2.47. The minimum Gasteiger partial charge on any atom is -0.257 e. The maximum Gasteiger partial charge on any atom is 0.366 e. The molecular weight excluding hydrogens is 531 g/mol. The minimum absolute atomic E-state index is 0. The van der Waals surface area contributed by atoms with Crippen molar-refractivity contribution < 1.29 is 0 Å². The summed E-state index contributed by atoms with van der Waals surface area (Å²) in [6.07, 6.45) is 0. The second-order valence-corrected chi connectivity index (χ2v) is 4.51. The van der Waals surface area contributed by atoms with Crippen LogP contribution in [-0.2, 0) is 0 Å². The van der Waals surface area contributed by atoms with Crippen molar-refractivity contribution in [3.63, 3.8) is 0 Å². The molecule has 122 valence electrons. The predicted molar refractivity (Wildman–Crippen MR) is 81.9 cm³/mol. The molecule has 2 N–H and O–H groups in total. The van der Waals surface area contributed by atoms with E-state index in [4.69, 9.17) is 47.1 Å². The Bertz CT molecular complexity index is 898. The summed E-state index contributed by atoms with van der Waals surface area (Å²) in [4.78, 5) is 66.8. The number of halogens is 4. The Kier molecular flexibility index (Phi) is 8.97. The van der Waals surface area contributed by atoms with E-state index in [1.807, 2.05) is 0 Å². The molecule has 0 saturated carbocycles. The first-order valence-corrected chi connectivity index (χ1v) is 6.04. The van der Waals surface area contributed by atoms with Crippen LogP contribution in [0.15, 0.2) is 28.8 Å². The van der Waals surface area contributed by atoms with E-state index >= 15 is 0 Å². The fourth-order valence-electron chi connectivity index (χ4n) is 0.881. The van der Waals surface area contributed by atoms with Crippen molar-refractivity contribution in [3.8, 4) is 0 Å². The fourth-order valence-corrected chi connectivity index (χ4v) is 1.43. The Labute approximate surface area is 183 Å². The zero-order valence-corrected chi connectivity index (χ0v) is 17.9. The molecule has 0 spiro atoms. The van der Waals surface area contributed by atoms with Crippen molar-refractivity contribution >= 4 is 96.0 Å². The summed E-state index contributed by atoms with van der Waals surface area (Å²) in [5, 5.41) is 0. The average molecular weight is 533 g/mol. The van der Waals surface area contributed by atoms with E-state index in [1.54, 1.807) is 9.97 Å². The third kappa shape index (κ3) is 5.27. The zero-order chi connectivity index (χ0) is 17.2. The van der Waals surface area contributed by atoms with E-state index in [0.29, 0.717) is 0 Å². The molecule has 12 nitrogen and oxygen atoms in total.